The van der Waals surface area contributed by atoms with Gasteiger partial charge in [-0.3, -0.25) is 0 Å². The molecule has 1 rings (SSSR count). The minimum atomic E-state index is -4.80. The van der Waals surface area contributed by atoms with E-state index in [1.165, 1.54) is 121 Å². The molecule has 1 unspecified atom stereocenters. The molecule has 0 saturated carbocycles. The van der Waals surface area contributed by atoms with E-state index in [4.69, 9.17) is 9.47 Å². The van der Waals surface area contributed by atoms with E-state index in [0.717, 1.165) is 19.3 Å². The van der Waals surface area contributed by atoms with E-state index in [0.29, 0.717) is 0 Å². The Morgan fingerprint density at radius 1 is 0.675 bits per heavy atom. The van der Waals surface area contributed by atoms with Gasteiger partial charge in [0.05, 0.1) is 17.7 Å². The summed E-state index contributed by atoms with van der Waals surface area (Å²) in [4.78, 5) is 24.9. The zero-order valence-corrected chi connectivity index (χ0v) is 28.1. The maximum absolute atomic E-state index is 12.5. The van der Waals surface area contributed by atoms with E-state index < -0.39 is 27.5 Å². The number of carbonyl (C=O) groups excluding carboxylic acids is 2. The minimum absolute atomic E-state index is 0. The first-order valence-corrected chi connectivity index (χ1v) is 16.7. The van der Waals surface area contributed by atoms with Crippen LogP contribution in [0.5, 0.6) is 0 Å². The van der Waals surface area contributed by atoms with Crippen LogP contribution in [0.1, 0.15) is 157 Å². The van der Waals surface area contributed by atoms with E-state index in [1.807, 2.05) is 0 Å². The number of unbranched alkanes of at least 4 members (excludes halogenated alkanes) is 17. The van der Waals surface area contributed by atoms with Gasteiger partial charge >= 0.3 is 41.5 Å². The minimum Gasteiger partial charge on any atom is -0.745 e. The fourth-order valence-electron chi connectivity index (χ4n) is 4.61. The van der Waals surface area contributed by atoms with Gasteiger partial charge in [0.25, 0.3) is 0 Å². The summed E-state index contributed by atoms with van der Waals surface area (Å²) in [5, 5.41) is 0. The molecule has 1 atom stereocenters. The Kier molecular flexibility index (Phi) is 24.1. The molecular weight excluding hydrogens is 539 g/mol. The van der Waals surface area contributed by atoms with Crippen LogP contribution in [0.2, 0.25) is 0 Å². The van der Waals surface area contributed by atoms with Crippen molar-refractivity contribution in [2.75, 3.05) is 6.61 Å². The molecule has 40 heavy (non-hydrogen) atoms. The third kappa shape index (κ3) is 18.5. The van der Waals surface area contributed by atoms with Crippen LogP contribution in [0.3, 0.4) is 0 Å². The number of hydrogen-bond acceptors (Lipinski definition) is 7. The predicted octanol–water partition coefficient (Wildman–Crippen LogP) is 5.33. The molecule has 0 saturated heterocycles. The zero-order chi connectivity index (χ0) is 28.8. The Morgan fingerprint density at radius 2 is 1.05 bits per heavy atom. The number of esters is 2. The van der Waals surface area contributed by atoms with Gasteiger partial charge in [-0.25, -0.2) is 18.0 Å². The molecule has 0 amide bonds. The van der Waals surface area contributed by atoms with Crippen molar-refractivity contribution in [2.45, 2.75) is 141 Å². The van der Waals surface area contributed by atoms with Crippen molar-refractivity contribution in [1.29, 1.82) is 0 Å². The Hall–Kier alpha value is -0.930. The third-order valence-corrected chi connectivity index (χ3v) is 8.07. The molecule has 0 N–H and O–H groups in total. The first-order chi connectivity index (χ1) is 18.8. The number of hydrogen-bond donors (Lipinski definition) is 0. The first-order valence-electron chi connectivity index (χ1n) is 15.2. The number of carbonyl (C=O) groups is 2. The number of benzene rings is 1. The molecule has 0 bridgehead atoms. The smallest absolute Gasteiger partial charge is 0.745 e. The van der Waals surface area contributed by atoms with Gasteiger partial charge in [0.1, 0.15) is 10.1 Å². The van der Waals surface area contributed by atoms with Crippen molar-refractivity contribution in [3.63, 3.8) is 0 Å². The topological polar surface area (TPSA) is 110 Å². The number of rotatable bonds is 24. The van der Waals surface area contributed by atoms with Gasteiger partial charge in [0.15, 0.2) is 5.44 Å². The second kappa shape index (κ2) is 24.6. The number of ether oxygens (including phenoxy) is 2. The molecule has 7 nitrogen and oxygen atoms in total. The molecule has 0 aliphatic carbocycles. The maximum atomic E-state index is 12.5. The van der Waals surface area contributed by atoms with E-state index >= 15 is 0 Å². The summed E-state index contributed by atoms with van der Waals surface area (Å²) in [6.07, 6.45) is 22.8. The van der Waals surface area contributed by atoms with Gasteiger partial charge in [-0.15, -0.1) is 0 Å². The Balaban J connectivity index is 0.0000152. The largest absolute Gasteiger partial charge is 1.00 e. The fourth-order valence-corrected chi connectivity index (χ4v) is 5.23. The monoisotopic (exact) mass is 590 g/mol. The molecule has 1 aromatic rings. The average molecular weight is 591 g/mol. The normalized spacial score (nSPS) is 12.0. The van der Waals surface area contributed by atoms with Crippen LogP contribution in [-0.2, 0) is 19.6 Å². The Labute approximate surface area is 265 Å². The van der Waals surface area contributed by atoms with E-state index in [9.17, 15) is 22.6 Å². The quantitative estimate of drug-likeness (QED) is 0.0693. The summed E-state index contributed by atoms with van der Waals surface area (Å²) in [7, 11) is -4.80. The molecule has 224 valence electrons. The van der Waals surface area contributed by atoms with Gasteiger partial charge in [0, 0.05) is 0 Å². The summed E-state index contributed by atoms with van der Waals surface area (Å²) in [5.41, 5.74) is -1.93. The van der Waals surface area contributed by atoms with Crippen molar-refractivity contribution >= 4 is 22.1 Å². The summed E-state index contributed by atoms with van der Waals surface area (Å²) in [6, 6.07) is 5.86. The van der Waals surface area contributed by atoms with Crippen LogP contribution in [0.25, 0.3) is 0 Å². The van der Waals surface area contributed by atoms with Crippen LogP contribution in [0, 0.1) is 0 Å². The fraction of sp³-hybridized carbons (Fsp3) is 0.742. The van der Waals surface area contributed by atoms with Crippen LogP contribution in [-0.4, -0.2) is 37.0 Å². The van der Waals surface area contributed by atoms with E-state index in [-0.39, 0.29) is 53.7 Å². The SMILES string of the molecule is CCCCCCCCCCCCCCCCCCCCOC(=O)c1ccccc1C(=O)OC(CC)S(=O)(=O)[O-].[Na+]. The molecule has 0 aliphatic rings. The maximum Gasteiger partial charge on any atom is 1.00 e. The Bertz CT molecular complexity index is 905. The molecular formula is C31H51NaO7S. The molecule has 1 aromatic carbocycles. The van der Waals surface area contributed by atoms with Crippen molar-refractivity contribution in [3.05, 3.63) is 35.4 Å². The van der Waals surface area contributed by atoms with Crippen LogP contribution >= 0.6 is 0 Å². The van der Waals surface area contributed by atoms with Gasteiger partial charge < -0.3 is 14.0 Å². The van der Waals surface area contributed by atoms with Gasteiger partial charge in [0.2, 0.25) is 0 Å². The van der Waals surface area contributed by atoms with Crippen LogP contribution < -0.4 is 29.6 Å². The van der Waals surface area contributed by atoms with Crippen LogP contribution in [0.15, 0.2) is 24.3 Å². The van der Waals surface area contributed by atoms with Gasteiger partial charge in [-0.1, -0.05) is 135 Å². The summed E-state index contributed by atoms with van der Waals surface area (Å²) in [6.45, 7) is 3.93. The molecule has 0 aliphatic heterocycles. The summed E-state index contributed by atoms with van der Waals surface area (Å²) >= 11 is 0. The molecule has 0 radical (unpaired) electrons. The average Bonchev–Trinajstić information content (AvgIpc) is 2.92. The molecule has 0 fully saturated rings. The second-order valence-electron chi connectivity index (χ2n) is 10.4. The first kappa shape index (κ1) is 39.1. The summed E-state index contributed by atoms with van der Waals surface area (Å²) in [5.74, 6) is -1.71. The predicted molar refractivity (Wildman–Crippen MR) is 155 cm³/mol. The molecule has 9 heteroatoms. The molecule has 0 heterocycles. The standard InChI is InChI=1S/C31H52O7S.Na/c1-3-5-6-7-8-9-10-11-12-13-14-15-16-17-18-19-20-23-26-37-30(32)27-24-21-22-25-28(27)31(33)38-29(4-2)39(34,35)36;/h21-22,24-25,29H,3-20,23,26H2,1-2H3,(H,34,35,36);/q;+1/p-1. The second-order valence-corrected chi connectivity index (χ2v) is 11.9. The van der Waals surface area contributed by atoms with Crippen molar-refractivity contribution in [1.82, 2.24) is 0 Å². The summed E-state index contributed by atoms with van der Waals surface area (Å²) < 4.78 is 43.8. The van der Waals surface area contributed by atoms with Crippen molar-refractivity contribution in [3.8, 4) is 0 Å². The van der Waals surface area contributed by atoms with Crippen molar-refractivity contribution in [2.24, 2.45) is 0 Å². The van der Waals surface area contributed by atoms with E-state index in [1.54, 1.807) is 6.07 Å². The third-order valence-electron chi connectivity index (χ3n) is 6.99. The van der Waals surface area contributed by atoms with Gasteiger partial charge in [-0.05, 0) is 25.0 Å². The Morgan fingerprint density at radius 3 is 1.43 bits per heavy atom. The molecule has 0 spiro atoms. The molecule has 0 aromatic heterocycles. The van der Waals surface area contributed by atoms with Crippen molar-refractivity contribution < 1.29 is 61.6 Å². The van der Waals surface area contributed by atoms with Crippen LogP contribution in [0.4, 0.5) is 0 Å². The zero-order valence-electron chi connectivity index (χ0n) is 25.3. The van der Waals surface area contributed by atoms with E-state index in [2.05, 4.69) is 6.92 Å². The van der Waals surface area contributed by atoms with Gasteiger partial charge in [-0.2, -0.15) is 0 Å².